The van der Waals surface area contributed by atoms with Gasteiger partial charge >= 0.3 is 0 Å². The van der Waals surface area contributed by atoms with Gasteiger partial charge in [-0.25, -0.2) is 4.98 Å². The van der Waals surface area contributed by atoms with Gasteiger partial charge in [0.2, 0.25) is 0 Å². The number of H-pyrrole nitrogens is 1. The van der Waals surface area contributed by atoms with Gasteiger partial charge in [-0.1, -0.05) is 56.1 Å². The number of rotatable bonds is 8. The fourth-order valence-corrected chi connectivity index (χ4v) is 2.46. The molecule has 2 N–H and O–H groups in total. The number of nitrogens with one attached hydrogen (secondary N) is 2. The van der Waals surface area contributed by atoms with E-state index >= 15 is 0 Å². The number of hydrogen-bond acceptors (Lipinski definition) is 2. The molecule has 0 spiro atoms. The number of nitrogens with zero attached hydrogens (tertiary/aromatic N) is 1. The van der Waals surface area contributed by atoms with E-state index in [1.807, 2.05) is 0 Å². The Morgan fingerprint density at radius 2 is 1.81 bits per heavy atom. The van der Waals surface area contributed by atoms with E-state index < -0.39 is 0 Å². The summed E-state index contributed by atoms with van der Waals surface area (Å²) in [6.07, 6.45) is 4.35. The maximum Gasteiger partial charge on any atom is 0.151 e. The molecule has 3 nitrogen and oxygen atoms in total. The van der Waals surface area contributed by atoms with Crippen molar-refractivity contribution in [2.45, 2.75) is 52.6 Å². The van der Waals surface area contributed by atoms with E-state index in [2.05, 4.69) is 53.4 Å². The molecule has 1 aromatic carbocycles. The minimum absolute atomic E-state index is 0.593. The van der Waals surface area contributed by atoms with Gasteiger partial charge in [0, 0.05) is 19.5 Å². The summed E-state index contributed by atoms with van der Waals surface area (Å²) < 4.78 is 0. The van der Waals surface area contributed by atoms with E-state index in [1.54, 1.807) is 0 Å². The molecule has 0 bridgehead atoms. The average molecular weight is 306 g/mol. The molecule has 114 valence electrons. The largest absolute Gasteiger partial charge is 0.344 e. The highest BCUT2D eigenvalue weighted by Crippen LogP contribution is 2.14. The molecule has 0 saturated carbocycles. The van der Waals surface area contributed by atoms with Gasteiger partial charge in [-0.3, -0.25) is 0 Å². The normalized spacial score (nSPS) is 11.0. The van der Waals surface area contributed by atoms with Crippen LogP contribution in [0.2, 0.25) is 5.15 Å². The van der Waals surface area contributed by atoms with E-state index in [0.717, 1.165) is 37.3 Å². The third-order valence-electron chi connectivity index (χ3n) is 3.61. The number of aryl methyl sites for hydroxylation is 2. The molecule has 0 radical (unpaired) electrons. The lowest BCUT2D eigenvalue weighted by molar-refractivity contribution is 0.678. The van der Waals surface area contributed by atoms with Crippen LogP contribution >= 0.6 is 11.6 Å². The monoisotopic (exact) mass is 305 g/mol. The van der Waals surface area contributed by atoms with Gasteiger partial charge in [-0.05, 0) is 24.0 Å². The molecule has 2 aromatic rings. The number of benzene rings is 1. The highest BCUT2D eigenvalue weighted by molar-refractivity contribution is 6.30. The zero-order valence-corrected chi connectivity index (χ0v) is 13.6. The smallest absolute Gasteiger partial charge is 0.151 e. The summed E-state index contributed by atoms with van der Waals surface area (Å²) in [5.74, 6) is 0.992. The molecule has 0 aliphatic rings. The topological polar surface area (TPSA) is 40.7 Å². The summed E-state index contributed by atoms with van der Waals surface area (Å²) in [6, 6.07) is 8.71. The van der Waals surface area contributed by atoms with Gasteiger partial charge in [0.15, 0.2) is 5.15 Å². The molecule has 0 atom stereocenters. The molecule has 0 fully saturated rings. The molecule has 2 rings (SSSR count). The van der Waals surface area contributed by atoms with Crippen molar-refractivity contribution in [2.75, 3.05) is 0 Å². The van der Waals surface area contributed by atoms with Crippen molar-refractivity contribution < 1.29 is 0 Å². The number of aromatic nitrogens is 2. The first-order chi connectivity index (χ1) is 10.2. The van der Waals surface area contributed by atoms with Crippen LogP contribution in [0.25, 0.3) is 0 Å². The van der Waals surface area contributed by atoms with Crippen molar-refractivity contribution in [3.63, 3.8) is 0 Å². The Morgan fingerprint density at radius 3 is 2.48 bits per heavy atom. The third-order valence-corrected chi connectivity index (χ3v) is 3.92. The van der Waals surface area contributed by atoms with E-state index in [0.29, 0.717) is 11.7 Å². The van der Waals surface area contributed by atoms with Crippen LogP contribution in [0.15, 0.2) is 24.3 Å². The highest BCUT2D eigenvalue weighted by atomic mass is 35.5. The summed E-state index contributed by atoms with van der Waals surface area (Å²) in [4.78, 5) is 7.68. The summed E-state index contributed by atoms with van der Waals surface area (Å²) in [6.45, 7) is 5.90. The molecule has 21 heavy (non-hydrogen) atoms. The number of unbranched alkanes of at least 4 members (excludes halogenated alkanes) is 1. The van der Waals surface area contributed by atoms with Gasteiger partial charge in [0.25, 0.3) is 0 Å². The third kappa shape index (κ3) is 4.87. The van der Waals surface area contributed by atoms with Crippen molar-refractivity contribution in [2.24, 2.45) is 0 Å². The first-order valence-electron chi connectivity index (χ1n) is 7.74. The molecule has 1 aromatic heterocycles. The Bertz CT molecular complexity index is 546. The predicted molar refractivity (Wildman–Crippen MR) is 88.6 cm³/mol. The summed E-state index contributed by atoms with van der Waals surface area (Å²) in [5.41, 5.74) is 3.64. The first-order valence-corrected chi connectivity index (χ1v) is 8.12. The van der Waals surface area contributed by atoms with Crippen LogP contribution in [0.5, 0.6) is 0 Å². The quantitative estimate of drug-likeness (QED) is 0.765. The molecule has 0 amide bonds. The lowest BCUT2D eigenvalue weighted by atomic mass is 10.1. The molecule has 0 saturated heterocycles. The Labute approximate surface area is 132 Å². The van der Waals surface area contributed by atoms with Gasteiger partial charge in [0.05, 0.1) is 5.69 Å². The SMILES string of the molecule is CCCCc1nc(Cl)c(CNCc2ccc(CC)cc2)[nH]1. The number of hydrogen-bond donors (Lipinski definition) is 2. The maximum atomic E-state index is 6.16. The van der Waals surface area contributed by atoms with Crippen molar-refractivity contribution in [1.82, 2.24) is 15.3 Å². The van der Waals surface area contributed by atoms with Crippen LogP contribution in [-0.4, -0.2) is 9.97 Å². The van der Waals surface area contributed by atoms with Gasteiger partial charge in [-0.15, -0.1) is 0 Å². The Balaban J connectivity index is 1.83. The molecular weight excluding hydrogens is 282 g/mol. The standard InChI is InChI=1S/C17H24ClN3/c1-3-5-6-16-20-15(17(18)21-16)12-19-11-14-9-7-13(4-2)8-10-14/h7-10,19H,3-6,11-12H2,1-2H3,(H,20,21). The van der Waals surface area contributed by atoms with Gasteiger partial charge < -0.3 is 10.3 Å². The first kappa shape index (κ1) is 16.1. The summed E-state index contributed by atoms with van der Waals surface area (Å²) >= 11 is 6.16. The number of aromatic amines is 1. The molecule has 0 unspecified atom stereocenters. The molecular formula is C17H24ClN3. The van der Waals surface area contributed by atoms with Crippen molar-refractivity contribution in [3.05, 3.63) is 52.1 Å². The molecule has 1 heterocycles. The minimum atomic E-state index is 0.593. The van der Waals surface area contributed by atoms with E-state index in [1.165, 1.54) is 17.5 Å². The molecule has 4 heteroatoms. The summed E-state index contributed by atoms with van der Waals surface area (Å²) in [7, 11) is 0. The molecule has 0 aliphatic carbocycles. The maximum absolute atomic E-state index is 6.16. The second-order valence-corrected chi connectivity index (χ2v) is 5.69. The van der Waals surface area contributed by atoms with Crippen LogP contribution in [0, 0.1) is 0 Å². The lowest BCUT2D eigenvalue weighted by Gasteiger charge is -2.05. The van der Waals surface area contributed by atoms with Crippen molar-refractivity contribution >= 4 is 11.6 Å². The van der Waals surface area contributed by atoms with Crippen LogP contribution in [-0.2, 0) is 25.9 Å². The lowest BCUT2D eigenvalue weighted by Crippen LogP contribution is -2.13. The Morgan fingerprint density at radius 1 is 1.10 bits per heavy atom. The minimum Gasteiger partial charge on any atom is -0.344 e. The predicted octanol–water partition coefficient (Wildman–Crippen LogP) is 4.26. The van der Waals surface area contributed by atoms with E-state index in [-0.39, 0.29) is 0 Å². The summed E-state index contributed by atoms with van der Waals surface area (Å²) in [5, 5.41) is 4.00. The van der Waals surface area contributed by atoms with Crippen LogP contribution < -0.4 is 5.32 Å². The Hall–Kier alpha value is -1.32. The Kier molecular flexibility index (Phi) is 6.27. The van der Waals surface area contributed by atoms with Crippen molar-refractivity contribution in [1.29, 1.82) is 0 Å². The van der Waals surface area contributed by atoms with E-state index in [4.69, 9.17) is 11.6 Å². The zero-order valence-electron chi connectivity index (χ0n) is 12.9. The fraction of sp³-hybridized carbons (Fsp3) is 0.471. The highest BCUT2D eigenvalue weighted by Gasteiger charge is 2.07. The average Bonchev–Trinajstić information content (AvgIpc) is 2.86. The van der Waals surface area contributed by atoms with Gasteiger partial charge in [0.1, 0.15) is 5.82 Å². The second-order valence-electron chi connectivity index (χ2n) is 5.33. The second kappa shape index (κ2) is 8.20. The number of halogens is 1. The fourth-order valence-electron chi connectivity index (χ4n) is 2.24. The van der Waals surface area contributed by atoms with E-state index in [9.17, 15) is 0 Å². The van der Waals surface area contributed by atoms with Gasteiger partial charge in [-0.2, -0.15) is 0 Å². The number of imidazole rings is 1. The van der Waals surface area contributed by atoms with Crippen LogP contribution in [0.4, 0.5) is 0 Å². The van der Waals surface area contributed by atoms with Crippen LogP contribution in [0.3, 0.4) is 0 Å². The van der Waals surface area contributed by atoms with Crippen LogP contribution in [0.1, 0.15) is 49.3 Å². The molecule has 0 aliphatic heterocycles. The zero-order chi connectivity index (χ0) is 15.1. The van der Waals surface area contributed by atoms with Crippen molar-refractivity contribution in [3.8, 4) is 0 Å².